The molecule has 0 unspecified atom stereocenters. The van der Waals surface area contributed by atoms with E-state index in [1.165, 1.54) is 22.3 Å². The van der Waals surface area contributed by atoms with Crippen molar-refractivity contribution in [3.63, 3.8) is 0 Å². The van der Waals surface area contributed by atoms with E-state index in [9.17, 15) is 5.11 Å². The van der Waals surface area contributed by atoms with Crippen molar-refractivity contribution in [3.05, 3.63) is 217 Å². The molecule has 8 aromatic carbocycles. The molecule has 1 N–H and O–H groups in total. The van der Waals surface area contributed by atoms with Crippen LogP contribution in [-0.2, 0) is 42.7 Å². The molecule has 0 spiro atoms. The maximum Gasteiger partial charge on any atom is 0.148 e. The second-order valence-corrected chi connectivity index (χ2v) is 24.1. The van der Waals surface area contributed by atoms with Gasteiger partial charge >= 0.3 is 0 Å². The van der Waals surface area contributed by atoms with Gasteiger partial charge in [-0.05, 0) is 96.0 Å². The van der Waals surface area contributed by atoms with Crippen molar-refractivity contribution in [3.8, 4) is 89.7 Å². The summed E-state index contributed by atoms with van der Waals surface area (Å²) < 4.78 is 2.31. The fraction of sp³-hybridized carbons (Fsp3) is 0.229. The number of hydrogen-bond acceptors (Lipinski definition) is 3. The zero-order valence-electron chi connectivity index (χ0n) is 45.5. The van der Waals surface area contributed by atoms with Crippen LogP contribution in [-0.4, -0.2) is 19.6 Å². The van der Waals surface area contributed by atoms with Crippen LogP contribution in [0.15, 0.2) is 188 Å². The number of phenolic OH excluding ortho intramolecular Hbond substituents is 1. The molecule has 2 heterocycles. The van der Waals surface area contributed by atoms with Crippen LogP contribution in [0, 0.1) is 6.07 Å². The van der Waals surface area contributed by atoms with Crippen molar-refractivity contribution < 1.29 is 26.2 Å². The summed E-state index contributed by atoms with van der Waals surface area (Å²) in [7, 11) is 0. The van der Waals surface area contributed by atoms with Gasteiger partial charge < -0.3 is 5.11 Å². The summed E-state index contributed by atoms with van der Waals surface area (Å²) in [6.07, 6.45) is 1.90. The zero-order chi connectivity index (χ0) is 52.3. The first-order chi connectivity index (χ1) is 35.1. The van der Waals surface area contributed by atoms with Gasteiger partial charge in [-0.3, -0.25) is 9.55 Å². The normalized spacial score (nSPS) is 12.2. The molecule has 4 nitrogen and oxygen atoms in total. The average Bonchev–Trinajstić information content (AvgIpc) is 3.77. The Bertz CT molecular complexity index is 3670. The molecule has 2 aromatic heterocycles. The number of hydrogen-bond donors (Lipinski definition) is 1. The van der Waals surface area contributed by atoms with E-state index in [0.29, 0.717) is 11.4 Å². The number of benzene rings is 8. The summed E-state index contributed by atoms with van der Waals surface area (Å²) in [5.41, 5.74) is 19.6. The van der Waals surface area contributed by atoms with Gasteiger partial charge in [-0.2, -0.15) is 0 Å². The number of phenols is 1. The molecule has 0 aliphatic carbocycles. The Morgan fingerprint density at radius 2 is 0.960 bits per heavy atom. The molecule has 10 aromatic rings. The third-order valence-corrected chi connectivity index (χ3v) is 14.5. The molecule has 0 saturated carbocycles. The van der Waals surface area contributed by atoms with Crippen LogP contribution < -0.4 is 0 Å². The van der Waals surface area contributed by atoms with Crippen molar-refractivity contribution in [2.45, 2.75) is 105 Å². The first-order valence-corrected chi connectivity index (χ1v) is 26.0. The van der Waals surface area contributed by atoms with Gasteiger partial charge in [0.05, 0.1) is 22.3 Å². The van der Waals surface area contributed by atoms with E-state index < -0.39 is 0 Å². The second kappa shape index (κ2) is 20.2. The van der Waals surface area contributed by atoms with E-state index in [4.69, 9.17) is 9.97 Å². The Morgan fingerprint density at radius 3 is 1.56 bits per heavy atom. The quantitative estimate of drug-likeness (QED) is 0.154. The van der Waals surface area contributed by atoms with Crippen molar-refractivity contribution in [1.82, 2.24) is 14.5 Å². The first kappa shape index (κ1) is 52.7. The van der Waals surface area contributed by atoms with Crippen LogP contribution in [0.5, 0.6) is 5.75 Å². The number of imidazole rings is 1. The molecule has 0 saturated heterocycles. The van der Waals surface area contributed by atoms with E-state index in [1.807, 2.05) is 12.3 Å². The maximum atomic E-state index is 12.8. The van der Waals surface area contributed by atoms with Crippen LogP contribution >= 0.6 is 0 Å². The SMILES string of the molecule is CC(C)(C)c1ccc(-c2ccc(C(C)(C)C)cc2-n2c(-c3cc(C(C)(C)C)cc(C(C)(C)C)c3O)nc3c(-c4[c-]c(-c5cc(-c6ccc(-c7ccccc7)cc6)ccn5)cc(-c5ccccc5)c4)cccc32)cc1.[Pt]. The standard InChI is InChI=1S/C70H68N3O.Pt/c1-67(2,3)54-32-30-49(31-33-54)57-35-34-55(68(4,5)6)44-63(57)73-62-25-19-24-58(64(62)72-66(73)59-42-56(69(7,8)9)43-60(65(59)74)70(10,11)12)52-38-51(46-22-17-14-18-23-46)39-53(40-52)61-41-50(36-37-71-61)48-28-26-47(27-29-48)45-20-15-13-16-21-45;/h13-39,41-44,74H,1-12H3;/q-1;. The van der Waals surface area contributed by atoms with E-state index in [-0.39, 0.29) is 48.5 Å². The minimum absolute atomic E-state index is 0. The van der Waals surface area contributed by atoms with E-state index in [0.717, 1.165) is 83.6 Å². The van der Waals surface area contributed by atoms with Crippen LogP contribution in [0.4, 0.5) is 0 Å². The van der Waals surface area contributed by atoms with Gasteiger partial charge in [-0.1, -0.05) is 245 Å². The summed E-state index contributed by atoms with van der Waals surface area (Å²) in [4.78, 5) is 10.8. The van der Waals surface area contributed by atoms with E-state index in [2.05, 4.69) is 270 Å². The number of aromatic hydroxyl groups is 1. The number of para-hydroxylation sites is 1. The van der Waals surface area contributed by atoms with Crippen LogP contribution in [0.2, 0.25) is 0 Å². The van der Waals surface area contributed by atoms with Crippen molar-refractivity contribution >= 4 is 11.0 Å². The van der Waals surface area contributed by atoms with Crippen LogP contribution in [0.1, 0.15) is 105 Å². The van der Waals surface area contributed by atoms with Gasteiger partial charge in [0.1, 0.15) is 11.6 Å². The van der Waals surface area contributed by atoms with E-state index >= 15 is 0 Å². The molecule has 380 valence electrons. The average molecular weight is 1160 g/mol. The molecular formula is C70H68N3OPt-. The topological polar surface area (TPSA) is 50.9 Å². The molecule has 0 bridgehead atoms. The van der Waals surface area contributed by atoms with Crippen LogP contribution in [0.3, 0.4) is 0 Å². The second-order valence-electron chi connectivity index (χ2n) is 24.1. The van der Waals surface area contributed by atoms with Gasteiger partial charge in [0, 0.05) is 44.1 Å². The molecule has 0 atom stereocenters. The Balaban J connectivity index is 0.00000689. The Kier molecular flexibility index (Phi) is 14.2. The zero-order valence-corrected chi connectivity index (χ0v) is 47.8. The maximum absolute atomic E-state index is 12.8. The number of pyridine rings is 1. The largest absolute Gasteiger partial charge is 0.507 e. The van der Waals surface area contributed by atoms with Crippen molar-refractivity contribution in [2.75, 3.05) is 0 Å². The molecule has 0 amide bonds. The fourth-order valence-electron chi connectivity index (χ4n) is 10.0. The van der Waals surface area contributed by atoms with Gasteiger partial charge in [0.2, 0.25) is 0 Å². The summed E-state index contributed by atoms with van der Waals surface area (Å²) in [6, 6.07) is 69.1. The monoisotopic (exact) mass is 1160 g/mol. The van der Waals surface area contributed by atoms with Gasteiger partial charge in [0.15, 0.2) is 0 Å². The Morgan fingerprint density at radius 1 is 0.413 bits per heavy atom. The minimum atomic E-state index is -0.353. The summed E-state index contributed by atoms with van der Waals surface area (Å²) in [5.74, 6) is 0.916. The third kappa shape index (κ3) is 10.7. The predicted octanol–water partition coefficient (Wildman–Crippen LogP) is 18.8. The summed E-state index contributed by atoms with van der Waals surface area (Å²) in [5, 5.41) is 12.8. The van der Waals surface area contributed by atoms with Gasteiger partial charge in [0.25, 0.3) is 0 Å². The van der Waals surface area contributed by atoms with E-state index in [1.54, 1.807) is 0 Å². The van der Waals surface area contributed by atoms with Crippen molar-refractivity contribution in [2.24, 2.45) is 0 Å². The molecule has 0 aliphatic heterocycles. The molecule has 10 rings (SSSR count). The smallest absolute Gasteiger partial charge is 0.148 e. The van der Waals surface area contributed by atoms with Gasteiger partial charge in [-0.15, -0.1) is 23.8 Å². The summed E-state index contributed by atoms with van der Waals surface area (Å²) in [6.45, 7) is 26.8. The number of aromatic nitrogens is 3. The minimum Gasteiger partial charge on any atom is -0.507 e. The fourth-order valence-corrected chi connectivity index (χ4v) is 10.0. The number of rotatable bonds is 8. The summed E-state index contributed by atoms with van der Waals surface area (Å²) >= 11 is 0. The molecular weight excluding hydrogens is 1090 g/mol. The Hall–Kier alpha value is -7.13. The number of fused-ring (bicyclic) bond motifs is 1. The molecule has 0 radical (unpaired) electrons. The molecule has 5 heteroatoms. The third-order valence-electron chi connectivity index (χ3n) is 14.5. The predicted molar refractivity (Wildman–Crippen MR) is 312 cm³/mol. The molecule has 0 aliphatic rings. The Labute approximate surface area is 459 Å². The van der Waals surface area contributed by atoms with Gasteiger partial charge in [-0.25, -0.2) is 4.98 Å². The molecule has 0 fully saturated rings. The van der Waals surface area contributed by atoms with Crippen molar-refractivity contribution in [1.29, 1.82) is 0 Å². The number of nitrogens with zero attached hydrogens (tertiary/aromatic N) is 3. The first-order valence-electron chi connectivity index (χ1n) is 26.0. The van der Waals surface area contributed by atoms with Crippen LogP contribution in [0.25, 0.3) is 95.0 Å². The molecule has 75 heavy (non-hydrogen) atoms.